The van der Waals surface area contributed by atoms with Crippen molar-refractivity contribution >= 4 is 5.91 Å². The molecule has 1 aliphatic carbocycles. The standard InChI is InChI=1S/C13H19F3N2O/c14-13(15,16)12-5-10(6-12)8-18(12)7-9-1-2-11(19)17-4-3-9/h9-10H,1-8H2,(H,17,19)/t9-,10?,12?/m0/s1. The third-order valence-electron chi connectivity index (χ3n) is 5.00. The summed E-state index contributed by atoms with van der Waals surface area (Å²) in [6.07, 6.45) is -1.61. The molecule has 19 heavy (non-hydrogen) atoms. The van der Waals surface area contributed by atoms with Crippen LogP contribution in [0.3, 0.4) is 0 Å². The van der Waals surface area contributed by atoms with Crippen LogP contribution < -0.4 is 5.32 Å². The van der Waals surface area contributed by atoms with E-state index in [0.717, 1.165) is 6.42 Å². The molecule has 6 heteroatoms. The predicted molar refractivity (Wildman–Crippen MR) is 63.4 cm³/mol. The van der Waals surface area contributed by atoms with Gasteiger partial charge in [0.15, 0.2) is 0 Å². The Labute approximate surface area is 110 Å². The third-order valence-corrected chi connectivity index (χ3v) is 5.00. The van der Waals surface area contributed by atoms with Crippen LogP contribution in [0.1, 0.15) is 32.1 Å². The van der Waals surface area contributed by atoms with Gasteiger partial charge in [0.05, 0.1) is 0 Å². The number of nitrogens with one attached hydrogen (secondary N) is 1. The van der Waals surface area contributed by atoms with Gasteiger partial charge in [0, 0.05) is 26.1 Å². The average molecular weight is 276 g/mol. The monoisotopic (exact) mass is 276 g/mol. The SMILES string of the molecule is O=C1CC[C@H](CN2CC3CC2(C(F)(F)F)C3)CCN1. The van der Waals surface area contributed by atoms with Crippen molar-refractivity contribution in [3.63, 3.8) is 0 Å². The summed E-state index contributed by atoms with van der Waals surface area (Å²) < 4.78 is 39.7. The normalized spacial score (nSPS) is 39.6. The number of amides is 1. The summed E-state index contributed by atoms with van der Waals surface area (Å²) in [5, 5.41) is 2.78. The molecule has 4 rings (SSSR count). The van der Waals surface area contributed by atoms with E-state index in [1.165, 1.54) is 0 Å². The Morgan fingerprint density at radius 3 is 2.74 bits per heavy atom. The molecule has 4 aliphatic rings. The zero-order valence-electron chi connectivity index (χ0n) is 10.8. The van der Waals surface area contributed by atoms with Gasteiger partial charge in [-0.15, -0.1) is 0 Å². The van der Waals surface area contributed by atoms with Crippen LogP contribution in [0.4, 0.5) is 13.2 Å². The van der Waals surface area contributed by atoms with Gasteiger partial charge < -0.3 is 5.32 Å². The molecule has 1 N–H and O–H groups in total. The summed E-state index contributed by atoms with van der Waals surface area (Å²) in [6.45, 7) is 1.67. The lowest BCUT2D eigenvalue weighted by Crippen LogP contribution is -2.58. The van der Waals surface area contributed by atoms with Crippen molar-refractivity contribution in [2.45, 2.75) is 43.8 Å². The molecular weight excluding hydrogens is 257 g/mol. The molecule has 0 spiro atoms. The summed E-state index contributed by atoms with van der Waals surface area (Å²) in [5.41, 5.74) is -1.54. The minimum atomic E-state index is -4.11. The topological polar surface area (TPSA) is 32.3 Å². The number of halogens is 3. The molecule has 3 saturated heterocycles. The van der Waals surface area contributed by atoms with E-state index < -0.39 is 11.7 Å². The second kappa shape index (κ2) is 4.36. The molecule has 0 unspecified atom stereocenters. The fourth-order valence-corrected chi connectivity index (χ4v) is 3.91. The Kier molecular flexibility index (Phi) is 3.04. The minimum absolute atomic E-state index is 0.0266. The van der Waals surface area contributed by atoms with Crippen molar-refractivity contribution in [2.24, 2.45) is 11.8 Å². The maximum Gasteiger partial charge on any atom is 0.406 e. The number of fused-ring (bicyclic) bond motifs is 1. The van der Waals surface area contributed by atoms with Gasteiger partial charge in [0.2, 0.25) is 5.91 Å². The molecule has 108 valence electrons. The molecule has 3 heterocycles. The molecule has 1 amide bonds. The first-order valence-corrected chi connectivity index (χ1v) is 6.99. The quantitative estimate of drug-likeness (QED) is 0.836. The van der Waals surface area contributed by atoms with E-state index in [4.69, 9.17) is 0 Å². The fourth-order valence-electron chi connectivity index (χ4n) is 3.91. The zero-order chi connectivity index (χ0) is 13.7. The van der Waals surface area contributed by atoms with Crippen LogP contribution >= 0.6 is 0 Å². The van der Waals surface area contributed by atoms with E-state index in [2.05, 4.69) is 5.32 Å². The van der Waals surface area contributed by atoms with E-state index in [9.17, 15) is 18.0 Å². The highest BCUT2D eigenvalue weighted by molar-refractivity contribution is 5.76. The number of hydrogen-bond donors (Lipinski definition) is 1. The van der Waals surface area contributed by atoms with Gasteiger partial charge in [-0.05, 0) is 37.5 Å². The minimum Gasteiger partial charge on any atom is -0.356 e. The Morgan fingerprint density at radius 1 is 1.32 bits per heavy atom. The summed E-state index contributed by atoms with van der Waals surface area (Å²) in [6, 6.07) is 0. The number of carbonyl (C=O) groups excluding carboxylic acids is 1. The molecule has 0 radical (unpaired) electrons. The molecule has 3 aliphatic heterocycles. The predicted octanol–water partition coefficient (Wildman–Crippen LogP) is 1.93. The first-order valence-electron chi connectivity index (χ1n) is 6.99. The second-order valence-electron chi connectivity index (χ2n) is 6.25. The average Bonchev–Trinajstić information content (AvgIpc) is 2.71. The van der Waals surface area contributed by atoms with Crippen molar-refractivity contribution in [3.8, 4) is 0 Å². The summed E-state index contributed by atoms with van der Waals surface area (Å²) in [4.78, 5) is 12.9. The van der Waals surface area contributed by atoms with Gasteiger partial charge >= 0.3 is 6.18 Å². The summed E-state index contributed by atoms with van der Waals surface area (Å²) in [5.74, 6) is 0.462. The lowest BCUT2D eigenvalue weighted by Gasteiger charge is -2.44. The molecule has 4 fully saturated rings. The number of alkyl halides is 3. The van der Waals surface area contributed by atoms with Crippen molar-refractivity contribution in [2.75, 3.05) is 19.6 Å². The first kappa shape index (κ1) is 13.2. The highest BCUT2D eigenvalue weighted by atomic mass is 19.4. The molecular formula is C13H19F3N2O. The van der Waals surface area contributed by atoms with Crippen LogP contribution in [0.2, 0.25) is 0 Å². The summed E-state index contributed by atoms with van der Waals surface area (Å²) in [7, 11) is 0. The van der Waals surface area contributed by atoms with Gasteiger partial charge in [0.25, 0.3) is 0 Å². The van der Waals surface area contributed by atoms with Crippen LogP contribution in [0.25, 0.3) is 0 Å². The molecule has 0 aromatic carbocycles. The van der Waals surface area contributed by atoms with Gasteiger partial charge in [0.1, 0.15) is 5.54 Å². The molecule has 1 saturated carbocycles. The number of hydrogen-bond acceptors (Lipinski definition) is 2. The lowest BCUT2D eigenvalue weighted by atomic mass is 9.72. The number of carbonyl (C=O) groups is 1. The highest BCUT2D eigenvalue weighted by Crippen LogP contribution is 2.58. The van der Waals surface area contributed by atoms with E-state index in [1.54, 1.807) is 4.90 Å². The molecule has 0 aromatic heterocycles. The Bertz CT molecular complexity index is 377. The largest absolute Gasteiger partial charge is 0.406 e. The van der Waals surface area contributed by atoms with E-state index in [0.29, 0.717) is 32.5 Å². The van der Waals surface area contributed by atoms with Gasteiger partial charge in [-0.25, -0.2) is 0 Å². The van der Waals surface area contributed by atoms with Gasteiger partial charge in [-0.2, -0.15) is 13.2 Å². The van der Waals surface area contributed by atoms with E-state index >= 15 is 0 Å². The molecule has 3 nitrogen and oxygen atoms in total. The smallest absolute Gasteiger partial charge is 0.356 e. The van der Waals surface area contributed by atoms with E-state index in [1.807, 2.05) is 0 Å². The number of nitrogens with zero attached hydrogens (tertiary/aromatic N) is 1. The van der Waals surface area contributed by atoms with Gasteiger partial charge in [-0.1, -0.05) is 0 Å². The molecule has 2 bridgehead atoms. The first-order chi connectivity index (χ1) is 8.91. The van der Waals surface area contributed by atoms with Crippen LogP contribution in [0.15, 0.2) is 0 Å². The lowest BCUT2D eigenvalue weighted by molar-refractivity contribution is -0.238. The van der Waals surface area contributed by atoms with Crippen molar-refractivity contribution < 1.29 is 18.0 Å². The fraction of sp³-hybridized carbons (Fsp3) is 0.923. The second-order valence-corrected chi connectivity index (χ2v) is 6.25. The van der Waals surface area contributed by atoms with Crippen LogP contribution in [-0.4, -0.2) is 42.2 Å². The highest BCUT2D eigenvalue weighted by Gasteiger charge is 2.69. The maximum absolute atomic E-state index is 13.2. The van der Waals surface area contributed by atoms with Crippen LogP contribution in [0.5, 0.6) is 0 Å². The zero-order valence-corrected chi connectivity index (χ0v) is 10.8. The Morgan fingerprint density at radius 2 is 2.05 bits per heavy atom. The van der Waals surface area contributed by atoms with Crippen LogP contribution in [0, 0.1) is 11.8 Å². The number of rotatable bonds is 2. The van der Waals surface area contributed by atoms with E-state index in [-0.39, 0.29) is 30.6 Å². The Hall–Kier alpha value is -0.780. The van der Waals surface area contributed by atoms with Crippen LogP contribution in [-0.2, 0) is 4.79 Å². The van der Waals surface area contributed by atoms with Crippen molar-refractivity contribution in [3.05, 3.63) is 0 Å². The third kappa shape index (κ3) is 2.14. The summed E-state index contributed by atoms with van der Waals surface area (Å²) >= 11 is 0. The molecule has 1 atom stereocenters. The van der Waals surface area contributed by atoms with Crippen molar-refractivity contribution in [1.29, 1.82) is 0 Å². The maximum atomic E-state index is 13.2. The van der Waals surface area contributed by atoms with Crippen molar-refractivity contribution in [1.82, 2.24) is 10.2 Å². The molecule has 0 aromatic rings. The Balaban J connectivity index is 1.65. The van der Waals surface area contributed by atoms with Gasteiger partial charge in [-0.3, -0.25) is 9.69 Å².